The van der Waals surface area contributed by atoms with E-state index in [0.29, 0.717) is 38.0 Å². The topological polar surface area (TPSA) is 32.7 Å². The molecule has 142 valence electrons. The zero-order valence-electron chi connectivity index (χ0n) is 15.5. The predicted octanol–water partition coefficient (Wildman–Crippen LogP) is 4.54. The van der Waals surface area contributed by atoms with Gasteiger partial charge in [-0.3, -0.25) is 4.79 Å². The number of piperidine rings is 1. The Morgan fingerprint density at radius 3 is 2.52 bits per heavy atom. The van der Waals surface area contributed by atoms with E-state index in [-0.39, 0.29) is 22.7 Å². The summed E-state index contributed by atoms with van der Waals surface area (Å²) in [5.41, 5.74) is 1.46. The van der Waals surface area contributed by atoms with Crippen molar-refractivity contribution >= 4 is 12.6 Å². The van der Waals surface area contributed by atoms with Crippen LogP contribution in [-0.2, 0) is 5.41 Å². The van der Waals surface area contributed by atoms with Crippen molar-refractivity contribution in [2.45, 2.75) is 31.6 Å². The Balaban J connectivity index is 1.82. The third kappa shape index (κ3) is 3.92. The molecule has 1 amide bonds. The Bertz CT molecular complexity index is 822. The maximum Gasteiger partial charge on any atom is 0.257 e. The first-order valence-electron chi connectivity index (χ1n) is 9.20. The SMILES string of the molecule is C=NCCC1(c2cccc(F)c2)CCN(C(=O)c2c(C)cccc2F)CC1. The van der Waals surface area contributed by atoms with Gasteiger partial charge in [-0.15, -0.1) is 0 Å². The number of likely N-dealkylation sites (tertiary alicyclic amines) is 1. The summed E-state index contributed by atoms with van der Waals surface area (Å²) in [4.78, 5) is 18.5. The van der Waals surface area contributed by atoms with E-state index >= 15 is 0 Å². The molecule has 3 rings (SSSR count). The van der Waals surface area contributed by atoms with Crippen molar-refractivity contribution in [3.05, 3.63) is 70.8 Å². The summed E-state index contributed by atoms with van der Waals surface area (Å²) in [6, 6.07) is 11.3. The van der Waals surface area contributed by atoms with Gasteiger partial charge in [0.2, 0.25) is 0 Å². The molecule has 0 atom stereocenters. The molecule has 1 aliphatic rings. The van der Waals surface area contributed by atoms with Crippen LogP contribution in [0.25, 0.3) is 0 Å². The zero-order valence-corrected chi connectivity index (χ0v) is 15.5. The molecular weight excluding hydrogens is 346 g/mol. The zero-order chi connectivity index (χ0) is 19.4. The predicted molar refractivity (Wildman–Crippen MR) is 103 cm³/mol. The number of carbonyl (C=O) groups excluding carboxylic acids is 1. The number of amides is 1. The van der Waals surface area contributed by atoms with Crippen molar-refractivity contribution in [2.24, 2.45) is 4.99 Å². The van der Waals surface area contributed by atoms with E-state index in [1.807, 2.05) is 6.07 Å². The van der Waals surface area contributed by atoms with Crippen LogP contribution < -0.4 is 0 Å². The fourth-order valence-electron chi connectivity index (χ4n) is 3.99. The van der Waals surface area contributed by atoms with Gasteiger partial charge in [-0.25, -0.2) is 8.78 Å². The van der Waals surface area contributed by atoms with Gasteiger partial charge >= 0.3 is 0 Å². The van der Waals surface area contributed by atoms with Crippen molar-refractivity contribution in [3.8, 4) is 0 Å². The van der Waals surface area contributed by atoms with Crippen LogP contribution in [0, 0.1) is 18.6 Å². The maximum absolute atomic E-state index is 14.2. The van der Waals surface area contributed by atoms with E-state index < -0.39 is 5.82 Å². The van der Waals surface area contributed by atoms with Gasteiger partial charge < -0.3 is 9.89 Å². The summed E-state index contributed by atoms with van der Waals surface area (Å²) in [6.45, 7) is 6.88. The Morgan fingerprint density at radius 1 is 1.19 bits per heavy atom. The second kappa shape index (κ2) is 7.99. The number of hydrogen-bond acceptors (Lipinski definition) is 2. The first-order chi connectivity index (χ1) is 13.0. The molecule has 0 spiro atoms. The van der Waals surface area contributed by atoms with Gasteiger partial charge in [0.05, 0.1) is 5.56 Å². The van der Waals surface area contributed by atoms with Crippen LogP contribution in [0.15, 0.2) is 47.5 Å². The third-order valence-electron chi connectivity index (χ3n) is 5.63. The second-order valence-corrected chi connectivity index (χ2v) is 7.21. The van der Waals surface area contributed by atoms with Crippen molar-refractivity contribution < 1.29 is 13.6 Å². The molecule has 0 aromatic heterocycles. The molecule has 0 N–H and O–H groups in total. The van der Waals surface area contributed by atoms with Crippen molar-refractivity contribution in [1.29, 1.82) is 0 Å². The average molecular weight is 370 g/mol. The quantitative estimate of drug-likeness (QED) is 0.712. The largest absolute Gasteiger partial charge is 0.338 e. The summed E-state index contributed by atoms with van der Waals surface area (Å²) >= 11 is 0. The molecule has 1 heterocycles. The minimum atomic E-state index is -0.488. The molecule has 1 fully saturated rings. The first kappa shape index (κ1) is 19.2. The molecule has 3 nitrogen and oxygen atoms in total. The Hall–Kier alpha value is -2.56. The lowest BCUT2D eigenvalue weighted by Crippen LogP contribution is -2.46. The second-order valence-electron chi connectivity index (χ2n) is 7.21. The highest BCUT2D eigenvalue weighted by Crippen LogP contribution is 2.39. The molecule has 0 aliphatic carbocycles. The molecule has 1 aliphatic heterocycles. The summed E-state index contributed by atoms with van der Waals surface area (Å²) in [5, 5.41) is 0. The summed E-state index contributed by atoms with van der Waals surface area (Å²) in [6.07, 6.45) is 2.12. The normalized spacial score (nSPS) is 16.2. The minimum Gasteiger partial charge on any atom is -0.338 e. The molecule has 2 aromatic carbocycles. The number of carbonyl (C=O) groups is 1. The lowest BCUT2D eigenvalue weighted by Gasteiger charge is -2.42. The van der Waals surface area contributed by atoms with Gasteiger partial charge in [0.25, 0.3) is 5.91 Å². The minimum absolute atomic E-state index is 0.142. The fourth-order valence-corrected chi connectivity index (χ4v) is 3.99. The van der Waals surface area contributed by atoms with Gasteiger partial charge in [-0.1, -0.05) is 24.3 Å². The van der Waals surface area contributed by atoms with Gasteiger partial charge in [-0.2, -0.15) is 0 Å². The van der Waals surface area contributed by atoms with Crippen LogP contribution in [0.4, 0.5) is 8.78 Å². The standard InChI is InChI=1S/C22H24F2N2O/c1-16-5-3-8-19(24)20(16)21(27)26-13-10-22(11-14-26,9-12-25-2)17-6-4-7-18(23)15-17/h3-8,15H,2,9-14H2,1H3. The van der Waals surface area contributed by atoms with Crippen LogP contribution in [0.2, 0.25) is 0 Å². The summed E-state index contributed by atoms with van der Waals surface area (Å²) in [5.74, 6) is -1.03. The lowest BCUT2D eigenvalue weighted by molar-refractivity contribution is 0.0655. The number of hydrogen-bond donors (Lipinski definition) is 0. The molecule has 0 saturated carbocycles. The van der Waals surface area contributed by atoms with Crippen LogP contribution in [0.1, 0.15) is 40.7 Å². The van der Waals surface area contributed by atoms with Crippen molar-refractivity contribution in [2.75, 3.05) is 19.6 Å². The van der Waals surface area contributed by atoms with Crippen LogP contribution >= 0.6 is 0 Å². The van der Waals surface area contributed by atoms with E-state index in [9.17, 15) is 13.6 Å². The van der Waals surface area contributed by atoms with Crippen molar-refractivity contribution in [1.82, 2.24) is 4.90 Å². The highest BCUT2D eigenvalue weighted by Gasteiger charge is 2.38. The molecule has 1 saturated heterocycles. The molecule has 2 aromatic rings. The van der Waals surface area contributed by atoms with E-state index in [1.165, 1.54) is 12.1 Å². The number of halogens is 2. The average Bonchev–Trinajstić information content (AvgIpc) is 2.66. The maximum atomic E-state index is 14.2. The number of nitrogens with zero attached hydrogens (tertiary/aromatic N) is 2. The number of aryl methyl sites for hydroxylation is 1. The van der Waals surface area contributed by atoms with E-state index in [2.05, 4.69) is 11.7 Å². The van der Waals surface area contributed by atoms with Crippen LogP contribution in [-0.4, -0.2) is 37.2 Å². The molecule has 5 heteroatoms. The summed E-state index contributed by atoms with van der Waals surface area (Å²) < 4.78 is 28.0. The highest BCUT2D eigenvalue weighted by molar-refractivity contribution is 5.96. The van der Waals surface area contributed by atoms with Crippen LogP contribution in [0.5, 0.6) is 0 Å². The van der Waals surface area contributed by atoms with Gasteiger partial charge in [0.15, 0.2) is 0 Å². The molecular formula is C22H24F2N2O. The van der Waals surface area contributed by atoms with Gasteiger partial charge in [0.1, 0.15) is 11.6 Å². The van der Waals surface area contributed by atoms with Crippen LogP contribution in [0.3, 0.4) is 0 Å². The van der Waals surface area contributed by atoms with Gasteiger partial charge in [-0.05, 0) is 62.2 Å². The summed E-state index contributed by atoms with van der Waals surface area (Å²) in [7, 11) is 0. The molecule has 0 bridgehead atoms. The van der Waals surface area contributed by atoms with Crippen molar-refractivity contribution in [3.63, 3.8) is 0 Å². The number of benzene rings is 2. The molecule has 0 radical (unpaired) electrons. The van der Waals surface area contributed by atoms with E-state index in [1.54, 1.807) is 36.1 Å². The monoisotopic (exact) mass is 370 g/mol. The first-order valence-corrected chi connectivity index (χ1v) is 9.20. The number of rotatable bonds is 5. The molecule has 0 unspecified atom stereocenters. The molecule has 27 heavy (non-hydrogen) atoms. The number of aliphatic imine (C=N–C) groups is 1. The van der Waals surface area contributed by atoms with Gasteiger partial charge in [0, 0.05) is 25.0 Å². The fraction of sp³-hybridized carbons (Fsp3) is 0.364. The highest BCUT2D eigenvalue weighted by atomic mass is 19.1. The lowest BCUT2D eigenvalue weighted by atomic mass is 9.70. The third-order valence-corrected chi connectivity index (χ3v) is 5.63. The van der Waals surface area contributed by atoms with E-state index in [0.717, 1.165) is 12.0 Å². The Morgan fingerprint density at radius 2 is 1.89 bits per heavy atom. The Labute approximate surface area is 158 Å². The van der Waals surface area contributed by atoms with E-state index in [4.69, 9.17) is 0 Å². The Kier molecular flexibility index (Phi) is 5.68. The smallest absolute Gasteiger partial charge is 0.257 e.